The van der Waals surface area contributed by atoms with Crippen molar-refractivity contribution < 1.29 is 9.53 Å². The first-order valence-corrected chi connectivity index (χ1v) is 9.45. The number of nitrogens with zero attached hydrogens (tertiary/aromatic N) is 2. The number of aliphatic imine (C=N–C) groups is 1. The molecule has 0 aromatic carbocycles. The van der Waals surface area contributed by atoms with E-state index in [9.17, 15) is 4.79 Å². The standard InChI is InChI=1S/C18H34N4O2.HI/c1-4-14-7-9-15(10-8-14)21-18(20-13-17(23)22(2)3)19-12-16-6-5-11-24-16;/h14-16H,4-13H2,1-3H3,(H2,19,20,21);1H. The molecule has 0 aromatic heterocycles. The molecule has 1 aliphatic heterocycles. The Morgan fingerprint density at radius 3 is 2.48 bits per heavy atom. The third-order valence-corrected chi connectivity index (χ3v) is 5.16. The van der Waals surface area contributed by atoms with Crippen LogP contribution in [0.3, 0.4) is 0 Å². The first-order valence-electron chi connectivity index (χ1n) is 9.45. The molecule has 1 unspecified atom stereocenters. The molecular formula is C18H35IN4O2. The number of rotatable bonds is 6. The Bertz CT molecular complexity index is 417. The van der Waals surface area contributed by atoms with Crippen molar-refractivity contribution in [2.45, 2.75) is 64.0 Å². The number of hydrogen-bond acceptors (Lipinski definition) is 3. The molecular weight excluding hydrogens is 431 g/mol. The van der Waals surface area contributed by atoms with Gasteiger partial charge in [-0.05, 0) is 44.4 Å². The fraction of sp³-hybridized carbons (Fsp3) is 0.889. The van der Waals surface area contributed by atoms with Gasteiger partial charge >= 0.3 is 0 Å². The van der Waals surface area contributed by atoms with Crippen LogP contribution in [0.4, 0.5) is 0 Å². The van der Waals surface area contributed by atoms with Crippen molar-refractivity contribution in [3.05, 3.63) is 0 Å². The fourth-order valence-corrected chi connectivity index (χ4v) is 3.36. The number of hydrogen-bond donors (Lipinski definition) is 2. The molecule has 2 rings (SSSR count). The molecule has 146 valence electrons. The first kappa shape index (κ1) is 22.5. The van der Waals surface area contributed by atoms with Crippen LogP contribution in [0.1, 0.15) is 51.9 Å². The van der Waals surface area contributed by atoms with Gasteiger partial charge in [-0.2, -0.15) is 0 Å². The highest BCUT2D eigenvalue weighted by atomic mass is 127. The third-order valence-electron chi connectivity index (χ3n) is 5.16. The SMILES string of the molecule is CCC1CCC(NC(=NCC(=O)N(C)C)NCC2CCCO2)CC1.I. The van der Waals surface area contributed by atoms with Crippen LogP contribution < -0.4 is 10.6 Å². The predicted molar refractivity (Wildman–Crippen MR) is 113 cm³/mol. The van der Waals surface area contributed by atoms with Crippen molar-refractivity contribution in [3.8, 4) is 0 Å². The predicted octanol–water partition coefficient (Wildman–Crippen LogP) is 2.38. The average molecular weight is 466 g/mol. The highest BCUT2D eigenvalue weighted by Crippen LogP contribution is 2.26. The lowest BCUT2D eigenvalue weighted by atomic mass is 9.84. The summed E-state index contributed by atoms with van der Waals surface area (Å²) in [4.78, 5) is 17.9. The van der Waals surface area contributed by atoms with Crippen LogP contribution in [0, 0.1) is 5.92 Å². The van der Waals surface area contributed by atoms with E-state index in [4.69, 9.17) is 4.74 Å². The van der Waals surface area contributed by atoms with Gasteiger partial charge in [0, 0.05) is 33.3 Å². The monoisotopic (exact) mass is 466 g/mol. The van der Waals surface area contributed by atoms with Crippen molar-refractivity contribution in [1.29, 1.82) is 0 Å². The molecule has 7 heteroatoms. The Morgan fingerprint density at radius 1 is 1.20 bits per heavy atom. The summed E-state index contributed by atoms with van der Waals surface area (Å²) in [5, 5.41) is 6.90. The maximum absolute atomic E-state index is 11.8. The lowest BCUT2D eigenvalue weighted by molar-refractivity contribution is -0.127. The average Bonchev–Trinajstić information content (AvgIpc) is 3.11. The number of amides is 1. The highest BCUT2D eigenvalue weighted by Gasteiger charge is 2.22. The zero-order chi connectivity index (χ0) is 17.4. The van der Waals surface area contributed by atoms with Crippen molar-refractivity contribution in [2.75, 3.05) is 33.8 Å². The van der Waals surface area contributed by atoms with Gasteiger partial charge in [-0.3, -0.25) is 4.79 Å². The lowest BCUT2D eigenvalue weighted by Crippen LogP contribution is -2.47. The van der Waals surface area contributed by atoms with Crippen LogP contribution in [-0.4, -0.2) is 62.7 Å². The van der Waals surface area contributed by atoms with E-state index in [1.807, 2.05) is 0 Å². The molecule has 6 nitrogen and oxygen atoms in total. The topological polar surface area (TPSA) is 66.0 Å². The second-order valence-corrected chi connectivity index (χ2v) is 7.24. The molecule has 1 aliphatic carbocycles. The molecule has 2 fully saturated rings. The summed E-state index contributed by atoms with van der Waals surface area (Å²) in [6.07, 6.45) is 8.69. The summed E-state index contributed by atoms with van der Waals surface area (Å²) in [7, 11) is 3.52. The maximum atomic E-state index is 11.8. The zero-order valence-electron chi connectivity index (χ0n) is 15.9. The molecule has 1 atom stereocenters. The van der Waals surface area contributed by atoms with Crippen LogP contribution >= 0.6 is 24.0 Å². The Morgan fingerprint density at radius 2 is 1.92 bits per heavy atom. The van der Waals surface area contributed by atoms with Gasteiger partial charge in [0.05, 0.1) is 6.10 Å². The number of carbonyl (C=O) groups is 1. The molecule has 0 radical (unpaired) electrons. The van der Waals surface area contributed by atoms with E-state index in [-0.39, 0.29) is 42.5 Å². The molecule has 1 amide bonds. The minimum Gasteiger partial charge on any atom is -0.376 e. The summed E-state index contributed by atoms with van der Waals surface area (Å²) in [6.45, 7) is 4.07. The highest BCUT2D eigenvalue weighted by molar-refractivity contribution is 14.0. The first-order chi connectivity index (χ1) is 11.6. The lowest BCUT2D eigenvalue weighted by Gasteiger charge is -2.30. The van der Waals surface area contributed by atoms with E-state index in [2.05, 4.69) is 22.5 Å². The number of halogens is 1. The second-order valence-electron chi connectivity index (χ2n) is 7.24. The van der Waals surface area contributed by atoms with E-state index in [1.165, 1.54) is 32.1 Å². The molecule has 0 aromatic rings. The molecule has 2 aliphatic rings. The van der Waals surface area contributed by atoms with Gasteiger partial charge in [-0.25, -0.2) is 4.99 Å². The Kier molecular flexibility index (Phi) is 10.7. The normalized spacial score (nSPS) is 26.7. The van der Waals surface area contributed by atoms with Gasteiger partial charge in [0.2, 0.25) is 5.91 Å². The number of guanidine groups is 1. The van der Waals surface area contributed by atoms with Gasteiger partial charge in [0.25, 0.3) is 0 Å². The summed E-state index contributed by atoms with van der Waals surface area (Å²) in [6, 6.07) is 0.456. The largest absolute Gasteiger partial charge is 0.376 e. The Labute approximate surface area is 169 Å². The van der Waals surface area contributed by atoms with E-state index in [1.54, 1.807) is 19.0 Å². The van der Waals surface area contributed by atoms with E-state index in [0.717, 1.165) is 37.9 Å². The van der Waals surface area contributed by atoms with Crippen LogP contribution in [0.5, 0.6) is 0 Å². The van der Waals surface area contributed by atoms with E-state index < -0.39 is 0 Å². The van der Waals surface area contributed by atoms with Gasteiger partial charge in [-0.15, -0.1) is 24.0 Å². The minimum absolute atomic E-state index is 0. The number of nitrogens with one attached hydrogen (secondary N) is 2. The van der Waals surface area contributed by atoms with Gasteiger partial charge < -0.3 is 20.3 Å². The van der Waals surface area contributed by atoms with E-state index >= 15 is 0 Å². The number of ether oxygens (including phenoxy) is 1. The third kappa shape index (κ3) is 8.11. The van der Waals surface area contributed by atoms with Crippen LogP contribution in [0.25, 0.3) is 0 Å². The van der Waals surface area contributed by atoms with Crippen LogP contribution in [0.2, 0.25) is 0 Å². The molecule has 0 spiro atoms. The second kappa shape index (κ2) is 11.9. The van der Waals surface area contributed by atoms with Gasteiger partial charge in [-0.1, -0.05) is 13.3 Å². The summed E-state index contributed by atoms with van der Waals surface area (Å²) in [5.74, 6) is 1.64. The maximum Gasteiger partial charge on any atom is 0.243 e. The molecule has 25 heavy (non-hydrogen) atoms. The van der Waals surface area contributed by atoms with Crippen molar-refractivity contribution in [3.63, 3.8) is 0 Å². The minimum atomic E-state index is 0. The number of likely N-dealkylation sites (N-methyl/N-ethyl adjacent to an activating group) is 1. The van der Waals surface area contributed by atoms with Crippen molar-refractivity contribution in [1.82, 2.24) is 15.5 Å². The summed E-state index contributed by atoms with van der Waals surface area (Å²) in [5.41, 5.74) is 0. The molecule has 1 saturated carbocycles. The molecule has 1 heterocycles. The number of carbonyl (C=O) groups excluding carboxylic acids is 1. The fourth-order valence-electron chi connectivity index (χ4n) is 3.36. The zero-order valence-corrected chi connectivity index (χ0v) is 18.3. The van der Waals surface area contributed by atoms with Gasteiger partial charge in [0.1, 0.15) is 6.54 Å². The molecule has 2 N–H and O–H groups in total. The van der Waals surface area contributed by atoms with Gasteiger partial charge in [0.15, 0.2) is 5.96 Å². The van der Waals surface area contributed by atoms with E-state index in [0.29, 0.717) is 6.04 Å². The smallest absolute Gasteiger partial charge is 0.243 e. The van der Waals surface area contributed by atoms with Crippen LogP contribution in [-0.2, 0) is 9.53 Å². The summed E-state index contributed by atoms with van der Waals surface area (Å²) < 4.78 is 5.67. The van der Waals surface area contributed by atoms with Crippen molar-refractivity contribution >= 4 is 35.8 Å². The Balaban J connectivity index is 0.00000312. The summed E-state index contributed by atoms with van der Waals surface area (Å²) >= 11 is 0. The Hall–Kier alpha value is -0.570. The quantitative estimate of drug-likeness (QED) is 0.359. The van der Waals surface area contributed by atoms with Crippen LogP contribution in [0.15, 0.2) is 4.99 Å². The molecule has 0 bridgehead atoms. The molecule has 1 saturated heterocycles. The van der Waals surface area contributed by atoms with Crippen molar-refractivity contribution in [2.24, 2.45) is 10.9 Å².